The van der Waals surface area contributed by atoms with E-state index in [0.717, 1.165) is 61.2 Å². The first-order valence-corrected chi connectivity index (χ1v) is 14.3. The summed E-state index contributed by atoms with van der Waals surface area (Å²) < 4.78 is 0. The monoisotopic (exact) mass is 553 g/mol. The highest BCUT2D eigenvalue weighted by Crippen LogP contribution is 2.45. The van der Waals surface area contributed by atoms with Gasteiger partial charge in [0.25, 0.3) is 0 Å². The summed E-state index contributed by atoms with van der Waals surface area (Å²) in [5.74, 6) is -0.208. The molecule has 0 fully saturated rings. The molecule has 7 aromatic rings. The summed E-state index contributed by atoms with van der Waals surface area (Å²) in [6.07, 6.45) is 4.25. The summed E-state index contributed by atoms with van der Waals surface area (Å²) in [5.41, 5.74) is 4.93. The van der Waals surface area contributed by atoms with E-state index in [1.165, 1.54) is 0 Å². The quantitative estimate of drug-likeness (QED) is 0.0853. The van der Waals surface area contributed by atoms with Crippen LogP contribution in [0.1, 0.15) is 26.3 Å². The summed E-state index contributed by atoms with van der Waals surface area (Å²) in [4.78, 5) is 27.9. The number of rotatable bonds is 7. The van der Waals surface area contributed by atoms with Crippen molar-refractivity contribution in [3.8, 4) is 0 Å². The van der Waals surface area contributed by atoms with Crippen molar-refractivity contribution >= 4 is 67.5 Å². The van der Waals surface area contributed by atoms with Crippen LogP contribution in [0.2, 0.25) is 0 Å². The van der Waals surface area contributed by atoms with Crippen molar-refractivity contribution in [3.05, 3.63) is 168 Å². The van der Waals surface area contributed by atoms with Gasteiger partial charge in [0.2, 0.25) is 0 Å². The fourth-order valence-corrected chi connectivity index (χ4v) is 5.94. The molecule has 0 unspecified atom stereocenters. The van der Waals surface area contributed by atoms with E-state index in [9.17, 15) is 9.59 Å². The van der Waals surface area contributed by atoms with Crippen molar-refractivity contribution in [2.75, 3.05) is 4.90 Å². The number of aldehydes is 1. The van der Waals surface area contributed by atoms with Gasteiger partial charge in [0.05, 0.1) is 5.69 Å². The maximum atomic E-state index is 13.6. The Kier molecular flexibility index (Phi) is 6.82. The number of nitrogens with zero attached hydrogens (tertiary/aromatic N) is 1. The maximum Gasteiger partial charge on any atom is 0.186 e. The lowest BCUT2D eigenvalue weighted by Gasteiger charge is -2.29. The molecule has 0 aromatic heterocycles. The summed E-state index contributed by atoms with van der Waals surface area (Å²) >= 11 is 0. The van der Waals surface area contributed by atoms with E-state index < -0.39 is 0 Å². The van der Waals surface area contributed by atoms with Gasteiger partial charge in [0.15, 0.2) is 12.1 Å². The van der Waals surface area contributed by atoms with Crippen LogP contribution in [-0.4, -0.2) is 12.1 Å². The van der Waals surface area contributed by atoms with E-state index in [-0.39, 0.29) is 5.78 Å². The van der Waals surface area contributed by atoms with Crippen molar-refractivity contribution in [1.82, 2.24) is 0 Å². The Hall–Kier alpha value is -5.80. The zero-order chi connectivity index (χ0) is 29.2. The predicted octanol–water partition coefficient (Wildman–Crippen LogP) is 10.3. The van der Waals surface area contributed by atoms with Crippen LogP contribution in [0.4, 0.5) is 17.1 Å². The minimum absolute atomic E-state index is 0.208. The Labute approximate surface area is 250 Å². The molecule has 3 heteroatoms. The molecule has 7 aromatic carbocycles. The molecule has 0 saturated carbocycles. The molecule has 0 aliphatic carbocycles. The first-order valence-electron chi connectivity index (χ1n) is 14.3. The number of hydrogen-bond donors (Lipinski definition) is 0. The van der Waals surface area contributed by atoms with Crippen LogP contribution < -0.4 is 4.90 Å². The largest absolute Gasteiger partial charge is 0.309 e. The molecule has 0 amide bonds. The highest BCUT2D eigenvalue weighted by Gasteiger charge is 2.20. The van der Waals surface area contributed by atoms with Crippen LogP contribution in [0.5, 0.6) is 0 Å². The van der Waals surface area contributed by atoms with E-state index in [1.807, 2.05) is 60.7 Å². The molecule has 0 bridgehead atoms. The van der Waals surface area contributed by atoms with Crippen molar-refractivity contribution < 1.29 is 9.59 Å². The van der Waals surface area contributed by atoms with E-state index in [1.54, 1.807) is 12.1 Å². The zero-order valence-electron chi connectivity index (χ0n) is 23.4. The Balaban J connectivity index is 1.44. The molecule has 204 valence electrons. The van der Waals surface area contributed by atoms with Gasteiger partial charge in [0, 0.05) is 33.3 Å². The number of ketones is 1. The topological polar surface area (TPSA) is 37.4 Å². The van der Waals surface area contributed by atoms with Gasteiger partial charge in [0.1, 0.15) is 0 Å². The van der Waals surface area contributed by atoms with Crippen LogP contribution >= 0.6 is 0 Å². The first-order chi connectivity index (χ1) is 21.2. The molecule has 0 aliphatic heterocycles. The molecule has 0 aliphatic rings. The summed E-state index contributed by atoms with van der Waals surface area (Å²) in [6.45, 7) is 0. The highest BCUT2D eigenvalue weighted by atomic mass is 16.1. The van der Waals surface area contributed by atoms with Crippen molar-refractivity contribution in [3.63, 3.8) is 0 Å². The first kappa shape index (κ1) is 26.1. The zero-order valence-corrected chi connectivity index (χ0v) is 23.4. The lowest BCUT2D eigenvalue weighted by molar-refractivity contribution is 0.103. The number of fused-ring (bicyclic) bond motifs is 3. The Bertz CT molecular complexity index is 2070. The molecule has 0 radical (unpaired) electrons. The molecule has 0 saturated heterocycles. The summed E-state index contributed by atoms with van der Waals surface area (Å²) in [5, 5.41) is 6.06. The smallest absolute Gasteiger partial charge is 0.186 e. The molecular formula is C40H27NO2. The number of hydrogen-bond acceptors (Lipinski definition) is 3. The fourth-order valence-electron chi connectivity index (χ4n) is 5.94. The van der Waals surface area contributed by atoms with E-state index >= 15 is 0 Å². The van der Waals surface area contributed by atoms with Gasteiger partial charge in [-0.05, 0) is 75.7 Å². The number of benzene rings is 7. The summed E-state index contributed by atoms with van der Waals surface area (Å²) in [6, 6.07) is 48.8. The maximum absolute atomic E-state index is 13.6. The Morgan fingerprint density at radius 1 is 0.535 bits per heavy atom. The van der Waals surface area contributed by atoms with Crippen molar-refractivity contribution in [2.24, 2.45) is 0 Å². The van der Waals surface area contributed by atoms with Crippen LogP contribution in [0.25, 0.3) is 38.4 Å². The number of anilines is 3. The molecule has 0 atom stereocenters. The number of carbonyl (C=O) groups excluding carboxylic acids is 2. The van der Waals surface area contributed by atoms with E-state index in [2.05, 4.69) is 89.8 Å². The van der Waals surface area contributed by atoms with Crippen LogP contribution in [0, 0.1) is 0 Å². The van der Waals surface area contributed by atoms with Crippen molar-refractivity contribution in [2.45, 2.75) is 0 Å². The van der Waals surface area contributed by atoms with Gasteiger partial charge in [-0.3, -0.25) is 9.59 Å². The number of allylic oxidation sites excluding steroid dienone is 1. The lowest BCUT2D eigenvalue weighted by Crippen LogP contribution is -2.11. The second kappa shape index (κ2) is 11.2. The van der Waals surface area contributed by atoms with Gasteiger partial charge in [-0.15, -0.1) is 0 Å². The minimum Gasteiger partial charge on any atom is -0.309 e. The number of para-hydroxylation sites is 2. The standard InChI is InChI=1S/C40H27NO2/c42-27-30-25-28-13-7-8-14-29(28)26-38(30)39(43)24-23-35-33-19-9-11-21-36(33)40(37-22-12-10-20-34(35)37)41(31-15-3-1-4-16-31)32-17-5-2-6-18-32/h1-27H/b24-23-. The van der Waals surface area contributed by atoms with Gasteiger partial charge in [-0.1, -0.05) is 109 Å². The fraction of sp³-hybridized carbons (Fsp3) is 0. The predicted molar refractivity (Wildman–Crippen MR) is 179 cm³/mol. The second-order valence-electron chi connectivity index (χ2n) is 10.5. The second-order valence-corrected chi connectivity index (χ2v) is 10.5. The van der Waals surface area contributed by atoms with Gasteiger partial charge < -0.3 is 4.90 Å². The molecule has 0 N–H and O–H groups in total. The van der Waals surface area contributed by atoms with E-state index in [4.69, 9.17) is 0 Å². The Morgan fingerprint density at radius 2 is 1.00 bits per heavy atom. The molecule has 7 rings (SSSR count). The van der Waals surface area contributed by atoms with Gasteiger partial charge in [-0.25, -0.2) is 0 Å². The van der Waals surface area contributed by atoms with Crippen LogP contribution in [-0.2, 0) is 0 Å². The molecule has 0 spiro atoms. The molecule has 0 heterocycles. The third-order valence-corrected chi connectivity index (χ3v) is 7.91. The Morgan fingerprint density at radius 3 is 1.53 bits per heavy atom. The highest BCUT2D eigenvalue weighted by molar-refractivity contribution is 6.20. The average molecular weight is 554 g/mol. The molecule has 3 nitrogen and oxygen atoms in total. The summed E-state index contributed by atoms with van der Waals surface area (Å²) in [7, 11) is 0. The van der Waals surface area contributed by atoms with Gasteiger partial charge >= 0.3 is 0 Å². The number of carbonyl (C=O) groups is 2. The molecular weight excluding hydrogens is 526 g/mol. The van der Waals surface area contributed by atoms with Gasteiger partial charge in [-0.2, -0.15) is 0 Å². The SMILES string of the molecule is O=Cc1cc2ccccc2cc1C(=O)/C=C\c1c2ccccc2c(N(c2ccccc2)c2ccccc2)c2ccccc12. The van der Waals surface area contributed by atoms with Crippen molar-refractivity contribution in [1.29, 1.82) is 0 Å². The normalized spacial score (nSPS) is 11.3. The minimum atomic E-state index is -0.208. The lowest BCUT2D eigenvalue weighted by atomic mass is 9.92. The van der Waals surface area contributed by atoms with Crippen LogP contribution in [0.3, 0.4) is 0 Å². The van der Waals surface area contributed by atoms with Crippen LogP contribution in [0.15, 0.2) is 152 Å². The third-order valence-electron chi connectivity index (χ3n) is 7.91. The van der Waals surface area contributed by atoms with E-state index in [0.29, 0.717) is 11.1 Å². The average Bonchev–Trinajstić information content (AvgIpc) is 3.08. The third kappa shape index (κ3) is 4.77. The molecule has 43 heavy (non-hydrogen) atoms.